The molecule has 0 aromatic heterocycles. The Morgan fingerprint density at radius 3 is 2.14 bits per heavy atom. The number of hydrogen-bond acceptors (Lipinski definition) is 4. The molecule has 0 saturated carbocycles. The molecule has 0 heterocycles. The van der Waals surface area contributed by atoms with Gasteiger partial charge in [0.2, 0.25) is 0 Å². The Labute approximate surface area is 90.7 Å². The second-order valence-electron chi connectivity index (χ2n) is 2.60. The summed E-state index contributed by atoms with van der Waals surface area (Å²) in [4.78, 5) is 0. The Morgan fingerprint density at radius 1 is 1.14 bits per heavy atom. The molecular formula is C8H10BBrO4. The SMILES string of the molecule is COc1cc(B(O)O)c(OC)cc1Br. The minimum absolute atomic E-state index is 0.271. The third-order valence-electron chi connectivity index (χ3n) is 1.78. The van der Waals surface area contributed by atoms with E-state index in [1.165, 1.54) is 20.3 Å². The zero-order chi connectivity index (χ0) is 10.7. The van der Waals surface area contributed by atoms with Crippen molar-refractivity contribution in [2.75, 3.05) is 14.2 Å². The number of hydrogen-bond donors (Lipinski definition) is 2. The van der Waals surface area contributed by atoms with Gasteiger partial charge in [-0.3, -0.25) is 0 Å². The van der Waals surface area contributed by atoms with E-state index < -0.39 is 7.12 Å². The normalized spacial score (nSPS) is 9.79. The lowest BCUT2D eigenvalue weighted by atomic mass is 9.79. The zero-order valence-corrected chi connectivity index (χ0v) is 9.41. The van der Waals surface area contributed by atoms with Gasteiger partial charge in [0.15, 0.2) is 0 Å². The van der Waals surface area contributed by atoms with E-state index >= 15 is 0 Å². The molecule has 0 aliphatic carbocycles. The molecule has 0 aliphatic heterocycles. The Morgan fingerprint density at radius 2 is 1.71 bits per heavy atom. The van der Waals surface area contributed by atoms with E-state index in [-0.39, 0.29) is 5.46 Å². The van der Waals surface area contributed by atoms with Crippen LogP contribution in [0.25, 0.3) is 0 Å². The van der Waals surface area contributed by atoms with Gasteiger partial charge in [-0.2, -0.15) is 0 Å². The van der Waals surface area contributed by atoms with Crippen LogP contribution in [-0.2, 0) is 0 Å². The maximum Gasteiger partial charge on any atom is 0.492 e. The Hall–Kier alpha value is -0.715. The Kier molecular flexibility index (Phi) is 3.80. The summed E-state index contributed by atoms with van der Waals surface area (Å²) in [6.07, 6.45) is 0. The summed E-state index contributed by atoms with van der Waals surface area (Å²) in [6, 6.07) is 3.13. The van der Waals surface area contributed by atoms with Crippen molar-refractivity contribution in [3.8, 4) is 11.5 Å². The first-order valence-electron chi connectivity index (χ1n) is 3.87. The standard InChI is InChI=1S/C8H10BBrO4/c1-13-7-4-6(10)8(14-2)3-5(7)9(11)12/h3-4,11-12H,1-2H3. The zero-order valence-electron chi connectivity index (χ0n) is 7.82. The average molecular weight is 261 g/mol. The van der Waals surface area contributed by atoms with Crippen LogP contribution in [0.5, 0.6) is 11.5 Å². The minimum Gasteiger partial charge on any atom is -0.497 e. The molecule has 0 saturated heterocycles. The lowest BCUT2D eigenvalue weighted by Crippen LogP contribution is -2.31. The first-order valence-corrected chi connectivity index (χ1v) is 4.67. The number of halogens is 1. The van der Waals surface area contributed by atoms with Crippen LogP contribution in [0.3, 0.4) is 0 Å². The minimum atomic E-state index is -1.58. The van der Waals surface area contributed by atoms with Crippen LogP contribution >= 0.6 is 15.9 Å². The highest BCUT2D eigenvalue weighted by atomic mass is 79.9. The van der Waals surface area contributed by atoms with Gasteiger partial charge in [0.05, 0.1) is 18.7 Å². The highest BCUT2D eigenvalue weighted by molar-refractivity contribution is 9.10. The van der Waals surface area contributed by atoms with Crippen LogP contribution in [-0.4, -0.2) is 31.4 Å². The topological polar surface area (TPSA) is 58.9 Å². The summed E-state index contributed by atoms with van der Waals surface area (Å²) >= 11 is 3.26. The van der Waals surface area contributed by atoms with E-state index in [2.05, 4.69) is 15.9 Å². The van der Waals surface area contributed by atoms with Gasteiger partial charge in [0, 0.05) is 5.46 Å². The first kappa shape index (κ1) is 11.4. The second kappa shape index (κ2) is 4.68. The summed E-state index contributed by atoms with van der Waals surface area (Å²) in [5, 5.41) is 18.1. The summed E-state index contributed by atoms with van der Waals surface area (Å²) in [5.41, 5.74) is 0.271. The average Bonchev–Trinajstić information content (AvgIpc) is 2.16. The quantitative estimate of drug-likeness (QED) is 0.760. The monoisotopic (exact) mass is 260 g/mol. The fourth-order valence-corrected chi connectivity index (χ4v) is 1.57. The molecule has 0 unspecified atom stereocenters. The van der Waals surface area contributed by atoms with Crippen molar-refractivity contribution in [3.63, 3.8) is 0 Å². The third kappa shape index (κ3) is 2.20. The Balaban J connectivity index is 3.25. The van der Waals surface area contributed by atoms with Crippen molar-refractivity contribution in [2.24, 2.45) is 0 Å². The van der Waals surface area contributed by atoms with Crippen molar-refractivity contribution in [2.45, 2.75) is 0 Å². The second-order valence-corrected chi connectivity index (χ2v) is 3.46. The van der Waals surface area contributed by atoms with E-state index in [4.69, 9.17) is 19.5 Å². The molecule has 0 amide bonds. The van der Waals surface area contributed by atoms with Crippen LogP contribution in [0, 0.1) is 0 Å². The third-order valence-corrected chi connectivity index (χ3v) is 2.40. The van der Waals surface area contributed by atoms with Crippen molar-refractivity contribution in [1.29, 1.82) is 0 Å². The largest absolute Gasteiger partial charge is 0.497 e. The molecule has 6 heteroatoms. The molecule has 0 atom stereocenters. The summed E-state index contributed by atoms with van der Waals surface area (Å²) in [7, 11) is 1.38. The summed E-state index contributed by atoms with van der Waals surface area (Å²) in [6.45, 7) is 0. The number of benzene rings is 1. The molecule has 1 aromatic rings. The molecule has 0 spiro atoms. The summed E-state index contributed by atoms with van der Waals surface area (Å²) < 4.78 is 10.7. The van der Waals surface area contributed by atoms with Crippen LogP contribution in [0.2, 0.25) is 0 Å². The number of methoxy groups -OCH3 is 2. The molecule has 1 aromatic carbocycles. The molecule has 4 nitrogen and oxygen atoms in total. The van der Waals surface area contributed by atoms with E-state index in [0.717, 1.165) is 0 Å². The highest BCUT2D eigenvalue weighted by Gasteiger charge is 2.19. The maximum absolute atomic E-state index is 9.05. The van der Waals surface area contributed by atoms with Crippen molar-refractivity contribution < 1.29 is 19.5 Å². The molecule has 14 heavy (non-hydrogen) atoms. The smallest absolute Gasteiger partial charge is 0.492 e. The predicted molar refractivity (Wildman–Crippen MR) is 57.1 cm³/mol. The van der Waals surface area contributed by atoms with Crippen LogP contribution < -0.4 is 14.9 Å². The lowest BCUT2D eigenvalue weighted by Gasteiger charge is -2.11. The molecule has 76 valence electrons. The van der Waals surface area contributed by atoms with Crippen LogP contribution in [0.15, 0.2) is 16.6 Å². The van der Waals surface area contributed by atoms with Crippen LogP contribution in [0.4, 0.5) is 0 Å². The van der Waals surface area contributed by atoms with E-state index in [1.807, 2.05) is 0 Å². The van der Waals surface area contributed by atoms with Gasteiger partial charge >= 0.3 is 7.12 Å². The van der Waals surface area contributed by atoms with Gasteiger partial charge in [-0.05, 0) is 28.1 Å². The van der Waals surface area contributed by atoms with Gasteiger partial charge in [-0.15, -0.1) is 0 Å². The maximum atomic E-state index is 9.05. The van der Waals surface area contributed by atoms with E-state index in [0.29, 0.717) is 16.0 Å². The summed E-state index contributed by atoms with van der Waals surface area (Å²) in [5.74, 6) is 0.918. The van der Waals surface area contributed by atoms with Gasteiger partial charge < -0.3 is 19.5 Å². The molecule has 0 fully saturated rings. The van der Waals surface area contributed by atoms with Gasteiger partial charge in [-0.25, -0.2) is 0 Å². The van der Waals surface area contributed by atoms with Gasteiger partial charge in [0.1, 0.15) is 11.5 Å². The van der Waals surface area contributed by atoms with Gasteiger partial charge in [0.25, 0.3) is 0 Å². The molecule has 0 radical (unpaired) electrons. The fraction of sp³-hybridized carbons (Fsp3) is 0.250. The number of ether oxygens (including phenoxy) is 2. The van der Waals surface area contributed by atoms with Crippen molar-refractivity contribution in [3.05, 3.63) is 16.6 Å². The highest BCUT2D eigenvalue weighted by Crippen LogP contribution is 2.27. The van der Waals surface area contributed by atoms with Gasteiger partial charge in [-0.1, -0.05) is 0 Å². The molecular weight excluding hydrogens is 251 g/mol. The molecule has 0 aliphatic rings. The fourth-order valence-electron chi connectivity index (χ4n) is 1.09. The lowest BCUT2D eigenvalue weighted by molar-refractivity contribution is 0.394. The van der Waals surface area contributed by atoms with Crippen molar-refractivity contribution in [1.82, 2.24) is 0 Å². The molecule has 1 rings (SSSR count). The van der Waals surface area contributed by atoms with Crippen LogP contribution in [0.1, 0.15) is 0 Å². The van der Waals surface area contributed by atoms with Crippen molar-refractivity contribution >= 4 is 28.5 Å². The van der Waals surface area contributed by atoms with E-state index in [1.54, 1.807) is 6.07 Å². The molecule has 2 N–H and O–H groups in total. The Bertz CT molecular complexity index is 329. The first-order chi connectivity index (χ1) is 6.60. The van der Waals surface area contributed by atoms with E-state index in [9.17, 15) is 0 Å². The number of rotatable bonds is 3. The predicted octanol–water partition coefficient (Wildman–Crippen LogP) is 0.146. The molecule has 0 bridgehead atoms.